The topological polar surface area (TPSA) is 12.0 Å². The minimum absolute atomic E-state index is 0.135. The highest BCUT2D eigenvalue weighted by molar-refractivity contribution is 5.22. The first-order valence-corrected chi connectivity index (χ1v) is 7.09. The number of halogens is 1. The van der Waals surface area contributed by atoms with Crippen LogP contribution in [0.4, 0.5) is 4.39 Å². The third-order valence-electron chi connectivity index (χ3n) is 3.50. The van der Waals surface area contributed by atoms with Crippen LogP contribution in [0.1, 0.15) is 52.0 Å². The van der Waals surface area contributed by atoms with Crippen molar-refractivity contribution >= 4 is 0 Å². The SMILES string of the molecule is CCCNC(C(C)C)C(CC)c1cccc(F)c1. The second-order valence-corrected chi connectivity index (χ2v) is 5.29. The highest BCUT2D eigenvalue weighted by atomic mass is 19.1. The van der Waals surface area contributed by atoms with Crippen LogP contribution >= 0.6 is 0 Å². The fourth-order valence-electron chi connectivity index (χ4n) is 2.59. The molecule has 2 atom stereocenters. The van der Waals surface area contributed by atoms with E-state index in [2.05, 4.69) is 33.0 Å². The van der Waals surface area contributed by atoms with E-state index in [-0.39, 0.29) is 5.82 Å². The summed E-state index contributed by atoms with van der Waals surface area (Å²) in [5.74, 6) is 0.793. The van der Waals surface area contributed by atoms with Crippen molar-refractivity contribution < 1.29 is 4.39 Å². The van der Waals surface area contributed by atoms with E-state index in [0.717, 1.165) is 24.9 Å². The van der Waals surface area contributed by atoms with Crippen LogP contribution in [0.5, 0.6) is 0 Å². The van der Waals surface area contributed by atoms with Crippen molar-refractivity contribution in [3.63, 3.8) is 0 Å². The number of benzene rings is 1. The lowest BCUT2D eigenvalue weighted by molar-refractivity contribution is 0.335. The quantitative estimate of drug-likeness (QED) is 0.760. The summed E-state index contributed by atoms with van der Waals surface area (Å²) in [6.45, 7) is 9.84. The maximum Gasteiger partial charge on any atom is 0.123 e. The summed E-state index contributed by atoms with van der Waals surface area (Å²) in [4.78, 5) is 0. The van der Waals surface area contributed by atoms with Gasteiger partial charge in [0, 0.05) is 6.04 Å². The van der Waals surface area contributed by atoms with Gasteiger partial charge in [-0.25, -0.2) is 4.39 Å². The minimum Gasteiger partial charge on any atom is -0.313 e. The molecule has 0 aliphatic carbocycles. The number of hydrogen-bond acceptors (Lipinski definition) is 1. The third kappa shape index (κ3) is 4.09. The van der Waals surface area contributed by atoms with Crippen LogP contribution in [0, 0.1) is 11.7 Å². The van der Waals surface area contributed by atoms with Crippen LogP contribution in [0.2, 0.25) is 0 Å². The van der Waals surface area contributed by atoms with Gasteiger partial charge in [-0.05, 0) is 48.9 Å². The van der Waals surface area contributed by atoms with E-state index in [1.54, 1.807) is 6.07 Å². The Balaban J connectivity index is 2.90. The molecule has 0 saturated carbocycles. The van der Waals surface area contributed by atoms with Gasteiger partial charge in [0.25, 0.3) is 0 Å². The molecule has 0 saturated heterocycles. The zero-order valence-corrected chi connectivity index (χ0v) is 12.0. The zero-order chi connectivity index (χ0) is 13.5. The molecule has 0 radical (unpaired) electrons. The van der Waals surface area contributed by atoms with Gasteiger partial charge in [-0.2, -0.15) is 0 Å². The van der Waals surface area contributed by atoms with E-state index >= 15 is 0 Å². The Morgan fingerprint density at radius 1 is 1.22 bits per heavy atom. The highest BCUT2D eigenvalue weighted by Crippen LogP contribution is 2.28. The zero-order valence-electron chi connectivity index (χ0n) is 12.0. The van der Waals surface area contributed by atoms with Gasteiger partial charge in [0.15, 0.2) is 0 Å². The van der Waals surface area contributed by atoms with Crippen molar-refractivity contribution in [2.45, 2.75) is 52.5 Å². The average molecular weight is 251 g/mol. The van der Waals surface area contributed by atoms with E-state index in [1.807, 2.05) is 12.1 Å². The molecule has 0 bridgehead atoms. The Morgan fingerprint density at radius 3 is 2.44 bits per heavy atom. The van der Waals surface area contributed by atoms with Crippen molar-refractivity contribution in [2.24, 2.45) is 5.92 Å². The first-order valence-electron chi connectivity index (χ1n) is 7.09. The highest BCUT2D eigenvalue weighted by Gasteiger charge is 2.24. The summed E-state index contributed by atoms with van der Waals surface area (Å²) in [6, 6.07) is 7.46. The van der Waals surface area contributed by atoms with Crippen LogP contribution in [-0.2, 0) is 0 Å². The van der Waals surface area contributed by atoms with E-state index < -0.39 is 0 Å². The van der Waals surface area contributed by atoms with Gasteiger partial charge < -0.3 is 5.32 Å². The summed E-state index contributed by atoms with van der Waals surface area (Å²) in [5.41, 5.74) is 1.11. The maximum absolute atomic E-state index is 13.4. The first kappa shape index (κ1) is 15.2. The maximum atomic E-state index is 13.4. The standard InChI is InChI=1S/C16H26FN/c1-5-10-18-16(12(3)4)15(6-2)13-8-7-9-14(17)11-13/h7-9,11-12,15-16,18H,5-6,10H2,1-4H3. The smallest absolute Gasteiger partial charge is 0.123 e. The van der Waals surface area contributed by atoms with Gasteiger partial charge in [-0.3, -0.25) is 0 Å². The Morgan fingerprint density at radius 2 is 1.94 bits per heavy atom. The number of nitrogens with one attached hydrogen (secondary N) is 1. The molecule has 0 fully saturated rings. The molecule has 18 heavy (non-hydrogen) atoms. The van der Waals surface area contributed by atoms with E-state index in [1.165, 1.54) is 6.07 Å². The molecule has 2 heteroatoms. The van der Waals surface area contributed by atoms with Gasteiger partial charge >= 0.3 is 0 Å². The Labute approximate surface area is 111 Å². The lowest BCUT2D eigenvalue weighted by atomic mass is 9.83. The van der Waals surface area contributed by atoms with E-state index in [4.69, 9.17) is 0 Å². The summed E-state index contributed by atoms with van der Waals surface area (Å²) in [7, 11) is 0. The van der Waals surface area contributed by atoms with Crippen molar-refractivity contribution in [3.05, 3.63) is 35.6 Å². The fraction of sp³-hybridized carbons (Fsp3) is 0.625. The van der Waals surface area contributed by atoms with Gasteiger partial charge in [0.1, 0.15) is 5.82 Å². The molecule has 1 nitrogen and oxygen atoms in total. The molecule has 1 aromatic carbocycles. The molecule has 102 valence electrons. The molecule has 1 aromatic rings. The van der Waals surface area contributed by atoms with Crippen LogP contribution in [0.3, 0.4) is 0 Å². The Kier molecular flexibility index (Phi) is 6.34. The van der Waals surface area contributed by atoms with Gasteiger partial charge in [0.05, 0.1) is 0 Å². The summed E-state index contributed by atoms with van der Waals surface area (Å²) >= 11 is 0. The summed E-state index contributed by atoms with van der Waals surface area (Å²) in [5, 5.41) is 3.62. The molecule has 0 aliphatic rings. The Hall–Kier alpha value is -0.890. The number of hydrogen-bond donors (Lipinski definition) is 1. The minimum atomic E-state index is -0.135. The van der Waals surface area contributed by atoms with Crippen LogP contribution < -0.4 is 5.32 Å². The van der Waals surface area contributed by atoms with E-state index in [0.29, 0.717) is 17.9 Å². The predicted octanol–water partition coefficient (Wildman–Crippen LogP) is 4.34. The molecular weight excluding hydrogens is 225 g/mol. The van der Waals surface area contributed by atoms with Gasteiger partial charge in [-0.15, -0.1) is 0 Å². The molecule has 0 spiro atoms. The summed E-state index contributed by atoms with van der Waals surface area (Å²) in [6.07, 6.45) is 2.16. The summed E-state index contributed by atoms with van der Waals surface area (Å²) < 4.78 is 13.4. The largest absolute Gasteiger partial charge is 0.313 e. The normalized spacial score (nSPS) is 14.8. The second-order valence-electron chi connectivity index (χ2n) is 5.29. The third-order valence-corrected chi connectivity index (χ3v) is 3.50. The molecule has 0 aliphatic heterocycles. The van der Waals surface area contributed by atoms with Crippen LogP contribution in [0.25, 0.3) is 0 Å². The van der Waals surface area contributed by atoms with Crippen molar-refractivity contribution in [3.8, 4) is 0 Å². The molecular formula is C16H26FN. The molecule has 0 heterocycles. The van der Waals surface area contributed by atoms with Crippen molar-refractivity contribution in [1.82, 2.24) is 5.32 Å². The van der Waals surface area contributed by atoms with Crippen LogP contribution in [-0.4, -0.2) is 12.6 Å². The monoisotopic (exact) mass is 251 g/mol. The first-order chi connectivity index (χ1) is 8.60. The van der Waals surface area contributed by atoms with Gasteiger partial charge in [0.2, 0.25) is 0 Å². The lowest BCUT2D eigenvalue weighted by Gasteiger charge is -2.31. The van der Waals surface area contributed by atoms with Gasteiger partial charge in [-0.1, -0.05) is 39.8 Å². The molecule has 0 amide bonds. The Bertz CT molecular complexity index is 349. The van der Waals surface area contributed by atoms with E-state index in [9.17, 15) is 4.39 Å². The van der Waals surface area contributed by atoms with Crippen LogP contribution in [0.15, 0.2) is 24.3 Å². The molecule has 1 N–H and O–H groups in total. The fourth-order valence-corrected chi connectivity index (χ4v) is 2.59. The second kappa shape index (κ2) is 7.52. The van der Waals surface area contributed by atoms with Crippen molar-refractivity contribution in [2.75, 3.05) is 6.54 Å². The predicted molar refractivity (Wildman–Crippen MR) is 76.4 cm³/mol. The molecule has 0 aromatic heterocycles. The lowest BCUT2D eigenvalue weighted by Crippen LogP contribution is -2.39. The number of rotatable bonds is 7. The molecule has 1 rings (SSSR count). The molecule has 2 unspecified atom stereocenters. The van der Waals surface area contributed by atoms with Crippen molar-refractivity contribution in [1.29, 1.82) is 0 Å². The average Bonchev–Trinajstić information content (AvgIpc) is 2.34.